The number of fused-ring (bicyclic) bond motifs is 1. The van der Waals surface area contributed by atoms with E-state index >= 15 is 0 Å². The van der Waals surface area contributed by atoms with Crippen LogP contribution in [-0.2, 0) is 0 Å². The third-order valence-corrected chi connectivity index (χ3v) is 3.97. The van der Waals surface area contributed by atoms with Gasteiger partial charge in [-0.05, 0) is 32.0 Å². The second-order valence-electron chi connectivity index (χ2n) is 5.26. The van der Waals surface area contributed by atoms with Crippen molar-refractivity contribution < 1.29 is 14.7 Å². The third-order valence-electron chi connectivity index (χ3n) is 3.97. The van der Waals surface area contributed by atoms with E-state index < -0.39 is 12.0 Å². The van der Waals surface area contributed by atoms with Gasteiger partial charge in [0, 0.05) is 29.0 Å². The molecule has 0 aliphatic carbocycles. The van der Waals surface area contributed by atoms with Gasteiger partial charge in [-0.3, -0.25) is 9.36 Å². The fraction of sp³-hybridized carbons (Fsp3) is 0.176. The standard InChI is InChI=1S/C17H16N2O3/c1-11-15(17(21)22)13-7-3-4-8-14(13)19(11)12(2)16(20)18-9-5-6-10-18/h3-10,12H,1-2H3,(H,21,22). The Hall–Kier alpha value is -2.82. The van der Waals surface area contributed by atoms with Gasteiger partial charge in [-0.1, -0.05) is 18.2 Å². The molecule has 1 atom stereocenters. The molecular weight excluding hydrogens is 280 g/mol. The molecule has 2 aromatic heterocycles. The Morgan fingerprint density at radius 1 is 1.09 bits per heavy atom. The second kappa shape index (κ2) is 5.18. The van der Waals surface area contributed by atoms with Crippen LogP contribution in [0, 0.1) is 6.92 Å². The van der Waals surface area contributed by atoms with Crippen molar-refractivity contribution in [3.63, 3.8) is 0 Å². The van der Waals surface area contributed by atoms with Crippen molar-refractivity contribution in [3.8, 4) is 0 Å². The average molecular weight is 296 g/mol. The first kappa shape index (κ1) is 14.1. The van der Waals surface area contributed by atoms with Crippen LogP contribution >= 0.6 is 0 Å². The van der Waals surface area contributed by atoms with E-state index in [1.807, 2.05) is 12.1 Å². The Balaban J connectivity index is 2.21. The highest BCUT2D eigenvalue weighted by Crippen LogP contribution is 2.29. The molecule has 22 heavy (non-hydrogen) atoms. The minimum absolute atomic E-state index is 0.106. The van der Waals surface area contributed by atoms with E-state index in [9.17, 15) is 14.7 Å². The Morgan fingerprint density at radius 3 is 2.36 bits per heavy atom. The maximum Gasteiger partial charge on any atom is 0.338 e. The number of carboxylic acids is 1. The van der Waals surface area contributed by atoms with Gasteiger partial charge in [-0.25, -0.2) is 4.79 Å². The van der Waals surface area contributed by atoms with Crippen molar-refractivity contribution in [1.29, 1.82) is 0 Å². The fourth-order valence-electron chi connectivity index (χ4n) is 2.97. The zero-order chi connectivity index (χ0) is 15.9. The molecule has 0 bridgehead atoms. The monoisotopic (exact) mass is 296 g/mol. The summed E-state index contributed by atoms with van der Waals surface area (Å²) in [6, 6.07) is 10.3. The Kier molecular flexibility index (Phi) is 3.33. The minimum atomic E-state index is -0.979. The fourth-order valence-corrected chi connectivity index (χ4v) is 2.97. The number of carbonyl (C=O) groups is 2. The Morgan fingerprint density at radius 2 is 1.73 bits per heavy atom. The van der Waals surface area contributed by atoms with Crippen molar-refractivity contribution in [1.82, 2.24) is 9.13 Å². The van der Waals surface area contributed by atoms with E-state index in [0.717, 1.165) is 5.52 Å². The molecule has 1 unspecified atom stereocenters. The molecule has 0 spiro atoms. The van der Waals surface area contributed by atoms with Crippen LogP contribution in [0.3, 0.4) is 0 Å². The first-order valence-corrected chi connectivity index (χ1v) is 7.02. The number of rotatable bonds is 3. The smallest absolute Gasteiger partial charge is 0.338 e. The van der Waals surface area contributed by atoms with Gasteiger partial charge in [0.2, 0.25) is 0 Å². The number of nitrogens with zero attached hydrogens (tertiary/aromatic N) is 2. The van der Waals surface area contributed by atoms with E-state index in [-0.39, 0.29) is 11.5 Å². The number of carbonyl (C=O) groups excluding carboxylic acids is 1. The molecule has 1 N–H and O–H groups in total. The van der Waals surface area contributed by atoms with E-state index in [2.05, 4.69) is 0 Å². The largest absolute Gasteiger partial charge is 0.478 e. The number of aromatic carboxylic acids is 1. The number of hydrogen-bond donors (Lipinski definition) is 1. The lowest BCUT2D eigenvalue weighted by Gasteiger charge is -2.17. The summed E-state index contributed by atoms with van der Waals surface area (Å²) in [6.07, 6.45) is 3.38. The van der Waals surface area contributed by atoms with Crippen molar-refractivity contribution >= 4 is 22.8 Å². The van der Waals surface area contributed by atoms with Gasteiger partial charge >= 0.3 is 5.97 Å². The van der Waals surface area contributed by atoms with Crippen molar-refractivity contribution in [2.24, 2.45) is 0 Å². The average Bonchev–Trinajstić information content (AvgIpc) is 3.10. The van der Waals surface area contributed by atoms with Crippen LogP contribution < -0.4 is 0 Å². The maximum atomic E-state index is 12.6. The molecule has 3 aromatic rings. The molecule has 5 nitrogen and oxygen atoms in total. The number of aromatic nitrogens is 2. The molecular formula is C17H16N2O3. The molecule has 112 valence electrons. The number of benzene rings is 1. The summed E-state index contributed by atoms with van der Waals surface area (Å²) in [5, 5.41) is 10.1. The van der Waals surface area contributed by atoms with E-state index in [1.54, 1.807) is 55.1 Å². The zero-order valence-electron chi connectivity index (χ0n) is 12.4. The predicted molar refractivity (Wildman–Crippen MR) is 83.4 cm³/mol. The van der Waals surface area contributed by atoms with Crippen LogP contribution in [0.1, 0.15) is 33.8 Å². The van der Waals surface area contributed by atoms with Gasteiger partial charge in [-0.15, -0.1) is 0 Å². The van der Waals surface area contributed by atoms with Crippen molar-refractivity contribution in [2.45, 2.75) is 19.9 Å². The molecule has 5 heteroatoms. The summed E-state index contributed by atoms with van der Waals surface area (Å²) in [5.41, 5.74) is 1.59. The molecule has 0 fully saturated rings. The molecule has 0 saturated carbocycles. The summed E-state index contributed by atoms with van der Waals surface area (Å²) >= 11 is 0. The summed E-state index contributed by atoms with van der Waals surface area (Å²) in [6.45, 7) is 3.52. The van der Waals surface area contributed by atoms with Crippen LogP contribution in [0.2, 0.25) is 0 Å². The highest BCUT2D eigenvalue weighted by molar-refractivity contribution is 6.05. The molecule has 1 aromatic carbocycles. The van der Waals surface area contributed by atoms with Gasteiger partial charge in [0.15, 0.2) is 0 Å². The summed E-state index contributed by atoms with van der Waals surface area (Å²) in [5.74, 6) is -1.08. The highest BCUT2D eigenvalue weighted by atomic mass is 16.4. The van der Waals surface area contributed by atoms with Gasteiger partial charge < -0.3 is 9.67 Å². The molecule has 0 saturated heterocycles. The molecule has 0 radical (unpaired) electrons. The Labute approximate surface area is 127 Å². The summed E-state index contributed by atoms with van der Waals surface area (Å²) < 4.78 is 3.31. The normalized spacial score (nSPS) is 12.5. The lowest BCUT2D eigenvalue weighted by atomic mass is 10.1. The molecule has 2 heterocycles. The molecule has 0 aliphatic rings. The number of carboxylic acid groups (broad SMARTS) is 1. The lowest BCUT2D eigenvalue weighted by Crippen LogP contribution is -2.22. The van der Waals surface area contributed by atoms with E-state index in [4.69, 9.17) is 0 Å². The molecule has 0 aliphatic heterocycles. The third kappa shape index (κ3) is 2.02. The van der Waals surface area contributed by atoms with Crippen molar-refractivity contribution in [2.75, 3.05) is 0 Å². The lowest BCUT2D eigenvalue weighted by molar-refractivity contribution is 0.0696. The van der Waals surface area contributed by atoms with Crippen LogP contribution in [0.5, 0.6) is 0 Å². The quantitative estimate of drug-likeness (QED) is 0.806. The topological polar surface area (TPSA) is 64.2 Å². The maximum absolute atomic E-state index is 12.6. The second-order valence-corrected chi connectivity index (χ2v) is 5.26. The first-order valence-electron chi connectivity index (χ1n) is 7.02. The summed E-state index contributed by atoms with van der Waals surface area (Å²) in [4.78, 5) is 24.1. The number of hydrogen-bond acceptors (Lipinski definition) is 2. The number of para-hydroxylation sites is 1. The summed E-state index contributed by atoms with van der Waals surface area (Å²) in [7, 11) is 0. The van der Waals surface area contributed by atoms with Crippen LogP contribution in [0.25, 0.3) is 10.9 Å². The van der Waals surface area contributed by atoms with Crippen molar-refractivity contribution in [3.05, 3.63) is 60.0 Å². The molecule has 0 amide bonds. The highest BCUT2D eigenvalue weighted by Gasteiger charge is 2.25. The SMILES string of the molecule is Cc1c(C(=O)O)c2ccccc2n1C(C)C(=O)n1cccc1. The van der Waals surface area contributed by atoms with Crippen LogP contribution in [0.4, 0.5) is 0 Å². The van der Waals surface area contributed by atoms with Crippen LogP contribution in [-0.4, -0.2) is 26.1 Å². The van der Waals surface area contributed by atoms with Crippen LogP contribution in [0.15, 0.2) is 48.8 Å². The van der Waals surface area contributed by atoms with Gasteiger partial charge in [0.05, 0.1) is 5.56 Å². The zero-order valence-corrected chi connectivity index (χ0v) is 12.4. The first-order chi connectivity index (χ1) is 10.5. The van der Waals surface area contributed by atoms with Gasteiger partial charge in [0.25, 0.3) is 5.91 Å². The Bertz CT molecular complexity index is 860. The minimum Gasteiger partial charge on any atom is -0.478 e. The van der Waals surface area contributed by atoms with E-state index in [1.165, 1.54) is 4.57 Å². The molecule has 3 rings (SSSR count). The predicted octanol–water partition coefficient (Wildman–Crippen LogP) is 3.35. The van der Waals surface area contributed by atoms with E-state index in [0.29, 0.717) is 11.1 Å². The van der Waals surface area contributed by atoms with Gasteiger partial charge in [-0.2, -0.15) is 0 Å². The van der Waals surface area contributed by atoms with Gasteiger partial charge in [0.1, 0.15) is 6.04 Å².